The molecule has 1 amide bonds. The highest BCUT2D eigenvalue weighted by Crippen LogP contribution is 2.29. The fraction of sp³-hybridized carbons (Fsp3) is 0.300. The number of nitrogens with one attached hydrogen (secondary N) is 1. The lowest BCUT2D eigenvalue weighted by Crippen LogP contribution is -2.30. The van der Waals surface area contributed by atoms with E-state index in [0.717, 1.165) is 11.1 Å². The summed E-state index contributed by atoms with van der Waals surface area (Å²) in [5.74, 6) is -0.475. The van der Waals surface area contributed by atoms with Crippen LogP contribution in [0, 0.1) is 13.8 Å². The average molecular weight is 357 g/mol. The van der Waals surface area contributed by atoms with Gasteiger partial charge in [0.1, 0.15) is 17.1 Å². The third-order valence-electron chi connectivity index (χ3n) is 3.94. The van der Waals surface area contributed by atoms with E-state index in [1.54, 1.807) is 18.2 Å². The summed E-state index contributed by atoms with van der Waals surface area (Å²) in [6, 6.07) is 10.7. The van der Waals surface area contributed by atoms with Gasteiger partial charge in [0, 0.05) is 5.69 Å². The molecule has 1 atom stereocenters. The number of carbonyl (C=O) groups excluding carboxylic acids is 2. The van der Waals surface area contributed by atoms with Gasteiger partial charge in [-0.1, -0.05) is 18.2 Å². The van der Waals surface area contributed by atoms with Gasteiger partial charge in [-0.2, -0.15) is 0 Å². The van der Waals surface area contributed by atoms with Gasteiger partial charge in [0.15, 0.2) is 6.10 Å². The van der Waals surface area contributed by atoms with E-state index in [9.17, 15) is 9.59 Å². The third-order valence-corrected chi connectivity index (χ3v) is 3.94. The first-order valence-electron chi connectivity index (χ1n) is 8.17. The lowest BCUT2D eigenvalue weighted by Gasteiger charge is -2.17. The van der Waals surface area contributed by atoms with Crippen LogP contribution in [0.5, 0.6) is 11.5 Å². The Morgan fingerprint density at radius 2 is 1.62 bits per heavy atom. The highest BCUT2D eigenvalue weighted by Gasteiger charge is 2.25. The van der Waals surface area contributed by atoms with Gasteiger partial charge >= 0.3 is 5.97 Å². The Bertz CT molecular complexity index is 794. The van der Waals surface area contributed by atoms with E-state index in [1.807, 2.05) is 32.0 Å². The topological polar surface area (TPSA) is 73.9 Å². The minimum Gasteiger partial charge on any atom is -0.496 e. The highest BCUT2D eigenvalue weighted by atomic mass is 16.6. The predicted octanol–water partition coefficient (Wildman–Crippen LogP) is 3.50. The lowest BCUT2D eigenvalue weighted by atomic mass is 10.1. The number of hydrogen-bond donors (Lipinski definition) is 1. The highest BCUT2D eigenvalue weighted by molar-refractivity contribution is 6.00. The Labute approximate surface area is 153 Å². The molecular weight excluding hydrogens is 334 g/mol. The normalized spacial score (nSPS) is 11.4. The maximum absolute atomic E-state index is 12.5. The molecule has 0 bridgehead atoms. The van der Waals surface area contributed by atoms with Gasteiger partial charge in [-0.25, -0.2) is 4.79 Å². The second-order valence-corrected chi connectivity index (χ2v) is 5.89. The number of rotatable bonds is 6. The molecule has 0 heterocycles. The number of ether oxygens (including phenoxy) is 3. The van der Waals surface area contributed by atoms with Crippen molar-refractivity contribution in [3.8, 4) is 11.5 Å². The SMILES string of the molecule is COc1cccc(OC)c1C(=O)OC(C)C(=O)Nc1cc(C)ccc1C. The molecule has 2 rings (SSSR count). The minimum atomic E-state index is -0.989. The fourth-order valence-electron chi connectivity index (χ4n) is 2.43. The number of aryl methyl sites for hydroxylation is 2. The zero-order valence-corrected chi connectivity index (χ0v) is 15.6. The number of benzene rings is 2. The van der Waals surface area contributed by atoms with E-state index in [-0.39, 0.29) is 5.56 Å². The summed E-state index contributed by atoms with van der Waals surface area (Å²) in [7, 11) is 2.89. The van der Waals surface area contributed by atoms with E-state index in [1.165, 1.54) is 21.1 Å². The molecule has 1 unspecified atom stereocenters. The van der Waals surface area contributed by atoms with Gasteiger partial charge in [-0.3, -0.25) is 4.79 Å². The van der Waals surface area contributed by atoms with Crippen molar-refractivity contribution in [3.05, 3.63) is 53.1 Å². The molecule has 0 aliphatic carbocycles. The maximum Gasteiger partial charge on any atom is 0.346 e. The average Bonchev–Trinajstić information content (AvgIpc) is 2.63. The van der Waals surface area contributed by atoms with E-state index < -0.39 is 18.0 Å². The fourth-order valence-corrected chi connectivity index (χ4v) is 2.43. The molecule has 6 heteroatoms. The molecule has 1 N–H and O–H groups in total. The zero-order chi connectivity index (χ0) is 19.3. The molecule has 0 aliphatic rings. The molecule has 0 saturated heterocycles. The summed E-state index contributed by atoms with van der Waals surface area (Å²) in [6.45, 7) is 5.35. The van der Waals surface area contributed by atoms with E-state index in [0.29, 0.717) is 17.2 Å². The van der Waals surface area contributed by atoms with Crippen molar-refractivity contribution in [2.45, 2.75) is 26.9 Å². The summed E-state index contributed by atoms with van der Waals surface area (Å²) in [5.41, 5.74) is 2.78. The van der Waals surface area contributed by atoms with Gasteiger partial charge in [0.2, 0.25) is 0 Å². The van der Waals surface area contributed by atoms with Crippen molar-refractivity contribution in [3.63, 3.8) is 0 Å². The second-order valence-electron chi connectivity index (χ2n) is 5.89. The van der Waals surface area contributed by atoms with Crippen LogP contribution in [0.25, 0.3) is 0 Å². The summed E-state index contributed by atoms with van der Waals surface area (Å²) >= 11 is 0. The van der Waals surface area contributed by atoms with Crippen molar-refractivity contribution in [1.82, 2.24) is 0 Å². The largest absolute Gasteiger partial charge is 0.496 e. The molecule has 0 fully saturated rings. The standard InChI is InChI=1S/C20H23NO5/c1-12-9-10-13(2)15(11-12)21-19(22)14(3)26-20(23)18-16(24-4)7-6-8-17(18)25-5/h6-11,14H,1-5H3,(H,21,22). The molecule has 138 valence electrons. The number of hydrogen-bond acceptors (Lipinski definition) is 5. The van der Waals surface area contributed by atoms with Crippen molar-refractivity contribution >= 4 is 17.6 Å². The smallest absolute Gasteiger partial charge is 0.346 e. The summed E-state index contributed by atoms with van der Waals surface area (Å²) in [5, 5.41) is 2.79. The summed E-state index contributed by atoms with van der Waals surface area (Å²) < 4.78 is 15.7. The molecule has 0 radical (unpaired) electrons. The number of esters is 1. The van der Waals surface area contributed by atoms with Crippen LogP contribution in [0.2, 0.25) is 0 Å². The van der Waals surface area contributed by atoms with Crippen LogP contribution in [-0.2, 0) is 9.53 Å². The number of carbonyl (C=O) groups is 2. The van der Waals surface area contributed by atoms with Gasteiger partial charge in [0.25, 0.3) is 5.91 Å². The van der Waals surface area contributed by atoms with Gasteiger partial charge < -0.3 is 19.5 Å². The second kappa shape index (κ2) is 8.38. The lowest BCUT2D eigenvalue weighted by molar-refractivity contribution is -0.123. The van der Waals surface area contributed by atoms with Crippen molar-refractivity contribution in [2.75, 3.05) is 19.5 Å². The van der Waals surface area contributed by atoms with E-state index in [4.69, 9.17) is 14.2 Å². The molecule has 6 nitrogen and oxygen atoms in total. The Morgan fingerprint density at radius 1 is 1.00 bits per heavy atom. The Morgan fingerprint density at radius 3 is 2.19 bits per heavy atom. The van der Waals surface area contributed by atoms with Crippen molar-refractivity contribution in [1.29, 1.82) is 0 Å². The molecule has 0 spiro atoms. The number of amides is 1. The third kappa shape index (κ3) is 4.33. The van der Waals surface area contributed by atoms with Crippen LogP contribution < -0.4 is 14.8 Å². The quantitative estimate of drug-likeness (QED) is 0.801. The first-order chi connectivity index (χ1) is 12.4. The van der Waals surface area contributed by atoms with Crippen LogP contribution in [0.15, 0.2) is 36.4 Å². The number of methoxy groups -OCH3 is 2. The molecule has 0 aliphatic heterocycles. The molecule has 2 aromatic rings. The Hall–Kier alpha value is -3.02. The molecule has 2 aromatic carbocycles. The van der Waals surface area contributed by atoms with Crippen LogP contribution >= 0.6 is 0 Å². The minimum absolute atomic E-state index is 0.142. The summed E-state index contributed by atoms with van der Waals surface area (Å²) in [6.07, 6.45) is -0.989. The first kappa shape index (κ1) is 19.3. The van der Waals surface area contributed by atoms with Crippen LogP contribution in [0.3, 0.4) is 0 Å². The van der Waals surface area contributed by atoms with Gasteiger partial charge in [-0.05, 0) is 50.1 Å². The van der Waals surface area contributed by atoms with Crippen molar-refractivity contribution in [2.24, 2.45) is 0 Å². The maximum atomic E-state index is 12.5. The first-order valence-corrected chi connectivity index (χ1v) is 8.17. The van der Waals surface area contributed by atoms with E-state index >= 15 is 0 Å². The summed E-state index contributed by atoms with van der Waals surface area (Å²) in [4.78, 5) is 24.9. The molecule has 0 aromatic heterocycles. The Balaban J connectivity index is 2.14. The Kier molecular flexibility index (Phi) is 6.22. The van der Waals surface area contributed by atoms with Gasteiger partial charge in [-0.15, -0.1) is 0 Å². The molecule has 26 heavy (non-hydrogen) atoms. The van der Waals surface area contributed by atoms with E-state index in [2.05, 4.69) is 5.32 Å². The number of anilines is 1. The van der Waals surface area contributed by atoms with Crippen LogP contribution in [-0.4, -0.2) is 32.2 Å². The predicted molar refractivity (Wildman–Crippen MR) is 99.0 cm³/mol. The van der Waals surface area contributed by atoms with Crippen molar-refractivity contribution < 1.29 is 23.8 Å². The zero-order valence-electron chi connectivity index (χ0n) is 15.6. The van der Waals surface area contributed by atoms with Crippen LogP contribution in [0.1, 0.15) is 28.4 Å². The van der Waals surface area contributed by atoms with Gasteiger partial charge in [0.05, 0.1) is 14.2 Å². The monoisotopic (exact) mass is 357 g/mol. The van der Waals surface area contributed by atoms with Crippen LogP contribution in [0.4, 0.5) is 5.69 Å². The molecule has 0 saturated carbocycles. The molecular formula is C20H23NO5.